The Balaban J connectivity index is -0.000000120. The first-order chi connectivity index (χ1) is 2.89. The SMILES string of the molecule is CC1C=C=C[CH-]1.Cl.Cl.[Ti]. The molecule has 3 heteroatoms. The largest absolute Gasteiger partial charge is 0.354 e. The monoisotopic (exact) mass is 199 g/mol. The van der Waals surface area contributed by atoms with Gasteiger partial charge in [-0.2, -0.15) is 6.08 Å². The van der Waals surface area contributed by atoms with E-state index < -0.39 is 0 Å². The van der Waals surface area contributed by atoms with E-state index in [1.54, 1.807) is 0 Å². The molecule has 0 bridgehead atoms. The van der Waals surface area contributed by atoms with E-state index in [9.17, 15) is 0 Å². The third-order valence-corrected chi connectivity index (χ3v) is 0.855. The molecule has 0 heterocycles. The van der Waals surface area contributed by atoms with E-state index in [1.807, 2.05) is 12.2 Å². The molecule has 0 spiro atoms. The van der Waals surface area contributed by atoms with E-state index in [-0.39, 0.29) is 46.5 Å². The molecule has 9 heavy (non-hydrogen) atoms. The van der Waals surface area contributed by atoms with Crippen molar-refractivity contribution in [1.82, 2.24) is 0 Å². The Morgan fingerprint density at radius 2 is 2.00 bits per heavy atom. The van der Waals surface area contributed by atoms with Crippen molar-refractivity contribution in [3.05, 3.63) is 24.3 Å². The summed E-state index contributed by atoms with van der Waals surface area (Å²) in [5.74, 6) is 0.630. The van der Waals surface area contributed by atoms with Gasteiger partial charge in [0, 0.05) is 21.7 Å². The summed E-state index contributed by atoms with van der Waals surface area (Å²) in [6.45, 7) is 2.14. The van der Waals surface area contributed by atoms with Gasteiger partial charge in [-0.3, -0.25) is 0 Å². The smallest absolute Gasteiger partial charge is 0 e. The van der Waals surface area contributed by atoms with Gasteiger partial charge in [0.05, 0.1) is 0 Å². The van der Waals surface area contributed by atoms with Gasteiger partial charge in [0.1, 0.15) is 0 Å². The zero-order valence-electron chi connectivity index (χ0n) is 5.13. The Hall–Kier alpha value is 0.684. The summed E-state index contributed by atoms with van der Waals surface area (Å²) in [5.41, 5.74) is 2.97. The van der Waals surface area contributed by atoms with Crippen LogP contribution in [0.4, 0.5) is 0 Å². The van der Waals surface area contributed by atoms with Crippen LogP contribution >= 0.6 is 24.8 Å². The van der Waals surface area contributed by atoms with E-state index in [0.29, 0.717) is 5.92 Å². The van der Waals surface area contributed by atoms with E-state index in [2.05, 4.69) is 19.1 Å². The first-order valence-corrected chi connectivity index (χ1v) is 2.15. The van der Waals surface area contributed by atoms with Crippen LogP contribution in [-0.2, 0) is 21.7 Å². The summed E-state index contributed by atoms with van der Waals surface area (Å²) in [6.07, 6.45) is 6.10. The molecule has 1 aliphatic rings. The zero-order valence-corrected chi connectivity index (χ0v) is 8.32. The van der Waals surface area contributed by atoms with Crippen LogP contribution in [0.3, 0.4) is 0 Å². The van der Waals surface area contributed by atoms with Crippen molar-refractivity contribution >= 4 is 24.8 Å². The molecule has 1 rings (SSSR count). The second kappa shape index (κ2) is 8.68. The normalized spacial score (nSPS) is 18.6. The predicted molar refractivity (Wildman–Crippen MR) is 40.6 cm³/mol. The Morgan fingerprint density at radius 1 is 1.44 bits per heavy atom. The first-order valence-electron chi connectivity index (χ1n) is 2.15. The van der Waals surface area contributed by atoms with Crippen molar-refractivity contribution in [3.63, 3.8) is 0 Å². The van der Waals surface area contributed by atoms with Gasteiger partial charge in [0.2, 0.25) is 0 Å². The van der Waals surface area contributed by atoms with Crippen LogP contribution in [0.15, 0.2) is 17.9 Å². The Morgan fingerprint density at radius 3 is 2.11 bits per heavy atom. The fourth-order valence-electron chi connectivity index (χ4n) is 0.470. The van der Waals surface area contributed by atoms with Crippen molar-refractivity contribution < 1.29 is 21.7 Å². The van der Waals surface area contributed by atoms with Crippen LogP contribution in [0.25, 0.3) is 0 Å². The Kier molecular flexibility index (Phi) is 15.8. The molecule has 0 fully saturated rings. The molecule has 0 aromatic rings. The first kappa shape index (κ1) is 16.3. The Labute approximate surface area is 83.5 Å². The summed E-state index contributed by atoms with van der Waals surface area (Å²) in [6, 6.07) is 0. The Bertz CT molecular complexity index is 106. The summed E-state index contributed by atoms with van der Waals surface area (Å²) >= 11 is 0. The van der Waals surface area contributed by atoms with Gasteiger partial charge in [-0.1, -0.05) is 12.8 Å². The molecule has 0 nitrogen and oxygen atoms in total. The number of hydrogen-bond acceptors (Lipinski definition) is 0. The maximum absolute atomic E-state index is 2.97. The van der Waals surface area contributed by atoms with Crippen molar-refractivity contribution in [2.24, 2.45) is 5.92 Å². The van der Waals surface area contributed by atoms with Crippen molar-refractivity contribution in [3.8, 4) is 0 Å². The molecule has 0 aliphatic heterocycles. The van der Waals surface area contributed by atoms with Crippen LogP contribution in [0, 0.1) is 12.3 Å². The van der Waals surface area contributed by atoms with Crippen molar-refractivity contribution in [2.75, 3.05) is 0 Å². The fourth-order valence-corrected chi connectivity index (χ4v) is 0.470. The quantitative estimate of drug-likeness (QED) is 0.320. The second-order valence-corrected chi connectivity index (χ2v) is 1.55. The number of halogens is 2. The molecule has 0 saturated carbocycles. The minimum Gasteiger partial charge on any atom is -0.354 e. The van der Waals surface area contributed by atoms with E-state index in [4.69, 9.17) is 0 Å². The molecule has 0 amide bonds. The van der Waals surface area contributed by atoms with Crippen LogP contribution in [-0.4, -0.2) is 0 Å². The third kappa shape index (κ3) is 6.57. The molecule has 52 valence electrons. The summed E-state index contributed by atoms with van der Waals surface area (Å²) in [7, 11) is 0. The third-order valence-electron chi connectivity index (χ3n) is 0.855. The van der Waals surface area contributed by atoms with Gasteiger partial charge >= 0.3 is 0 Å². The fraction of sp³-hybridized carbons (Fsp3) is 0.333. The molecular weight excluding hydrogens is 191 g/mol. The van der Waals surface area contributed by atoms with E-state index >= 15 is 0 Å². The van der Waals surface area contributed by atoms with Gasteiger partial charge in [0.25, 0.3) is 0 Å². The maximum atomic E-state index is 2.97. The minimum absolute atomic E-state index is 0. The van der Waals surface area contributed by atoms with Gasteiger partial charge in [0.15, 0.2) is 0 Å². The van der Waals surface area contributed by atoms with E-state index in [0.717, 1.165) is 0 Å². The molecule has 0 aromatic carbocycles. The van der Waals surface area contributed by atoms with Crippen LogP contribution < -0.4 is 0 Å². The summed E-state index contributed by atoms with van der Waals surface area (Å²) < 4.78 is 0. The number of hydrogen-bond donors (Lipinski definition) is 0. The molecule has 1 aliphatic carbocycles. The van der Waals surface area contributed by atoms with Crippen LogP contribution in [0.1, 0.15) is 6.92 Å². The van der Waals surface area contributed by atoms with Gasteiger partial charge in [-0.15, -0.1) is 24.8 Å². The van der Waals surface area contributed by atoms with E-state index in [1.165, 1.54) is 0 Å². The summed E-state index contributed by atoms with van der Waals surface area (Å²) in [4.78, 5) is 0. The molecule has 1 unspecified atom stereocenters. The van der Waals surface area contributed by atoms with Gasteiger partial charge in [-0.25, -0.2) is 12.5 Å². The number of allylic oxidation sites excluding steroid dienone is 1. The molecule has 1 atom stereocenters. The average Bonchev–Trinajstić information content (AvgIpc) is 1.86. The molecular formula is C6H9Cl2Ti-. The summed E-state index contributed by atoms with van der Waals surface area (Å²) in [5, 5.41) is 0. The maximum Gasteiger partial charge on any atom is 0 e. The molecule has 0 N–H and O–H groups in total. The molecule has 0 saturated heterocycles. The number of rotatable bonds is 0. The predicted octanol–water partition coefficient (Wildman–Crippen LogP) is 2.39. The molecule has 0 aromatic heterocycles. The zero-order chi connectivity index (χ0) is 4.41. The van der Waals surface area contributed by atoms with Crippen molar-refractivity contribution in [2.45, 2.75) is 6.92 Å². The van der Waals surface area contributed by atoms with Crippen LogP contribution in [0.5, 0.6) is 0 Å². The minimum atomic E-state index is 0. The second-order valence-electron chi connectivity index (χ2n) is 1.55. The standard InChI is InChI=1S/C6H7.2ClH.Ti/c1-6-4-2-3-5-6;;;/h2,4-6H,1H3;2*1H;/q-1;;;. The van der Waals surface area contributed by atoms with Gasteiger partial charge < -0.3 is 5.73 Å². The molecule has 0 radical (unpaired) electrons. The topological polar surface area (TPSA) is 0 Å². The van der Waals surface area contributed by atoms with Gasteiger partial charge in [-0.05, 0) is 0 Å². The van der Waals surface area contributed by atoms with Crippen molar-refractivity contribution in [1.29, 1.82) is 0 Å². The van der Waals surface area contributed by atoms with Crippen LogP contribution in [0.2, 0.25) is 0 Å². The average molecular weight is 200 g/mol.